The summed E-state index contributed by atoms with van der Waals surface area (Å²) in [6.45, 7) is 4.56. The zero-order valence-corrected chi connectivity index (χ0v) is 15.6. The van der Waals surface area contributed by atoms with Gasteiger partial charge in [0.1, 0.15) is 18.1 Å². The SMILES string of the molecule is Cc1noc(C)c1COc1ccc(CC(=O)NCCSCC(=O)O)cc1. The molecule has 0 saturated heterocycles. The monoisotopic (exact) mass is 378 g/mol. The van der Waals surface area contributed by atoms with Gasteiger partial charge in [0.25, 0.3) is 0 Å². The number of nitrogens with zero attached hydrogens (tertiary/aromatic N) is 1. The van der Waals surface area contributed by atoms with Crippen molar-refractivity contribution in [3.05, 3.63) is 46.8 Å². The summed E-state index contributed by atoms with van der Waals surface area (Å²) in [7, 11) is 0. The fourth-order valence-corrected chi connectivity index (χ4v) is 2.80. The number of carboxylic acid groups (broad SMARTS) is 1. The highest BCUT2D eigenvalue weighted by Gasteiger charge is 2.10. The predicted octanol–water partition coefficient (Wildman–Crippen LogP) is 2.35. The summed E-state index contributed by atoms with van der Waals surface area (Å²) in [5, 5.41) is 15.2. The van der Waals surface area contributed by atoms with Crippen LogP contribution in [0.3, 0.4) is 0 Å². The second kappa shape index (κ2) is 9.86. The van der Waals surface area contributed by atoms with E-state index in [1.807, 2.05) is 38.1 Å². The average Bonchev–Trinajstić information content (AvgIpc) is 2.92. The molecule has 1 amide bonds. The number of aliphatic carboxylic acids is 1. The molecule has 0 unspecified atom stereocenters. The Morgan fingerprint density at radius 3 is 2.62 bits per heavy atom. The minimum atomic E-state index is -0.849. The fourth-order valence-electron chi connectivity index (χ4n) is 2.24. The van der Waals surface area contributed by atoms with E-state index in [1.54, 1.807) is 0 Å². The molecule has 1 aromatic carbocycles. The predicted molar refractivity (Wildman–Crippen MR) is 98.4 cm³/mol. The lowest BCUT2D eigenvalue weighted by Gasteiger charge is -2.08. The molecule has 0 aliphatic heterocycles. The normalized spacial score (nSPS) is 10.5. The van der Waals surface area contributed by atoms with Crippen LogP contribution in [0.25, 0.3) is 0 Å². The smallest absolute Gasteiger partial charge is 0.313 e. The third-order valence-corrected chi connectivity index (χ3v) is 4.59. The molecule has 8 heteroatoms. The second-order valence-corrected chi connectivity index (χ2v) is 6.81. The van der Waals surface area contributed by atoms with Crippen LogP contribution in [0.1, 0.15) is 22.6 Å². The number of thioether (sulfide) groups is 1. The van der Waals surface area contributed by atoms with Crippen molar-refractivity contribution in [3.63, 3.8) is 0 Å². The first-order chi connectivity index (χ1) is 12.5. The molecule has 1 aromatic heterocycles. The van der Waals surface area contributed by atoms with Crippen LogP contribution in [0, 0.1) is 13.8 Å². The number of hydrogen-bond acceptors (Lipinski definition) is 6. The molecule has 2 rings (SSSR count). The molecule has 0 saturated carbocycles. The van der Waals surface area contributed by atoms with Crippen molar-refractivity contribution in [1.29, 1.82) is 0 Å². The zero-order valence-electron chi connectivity index (χ0n) is 14.8. The van der Waals surface area contributed by atoms with E-state index in [0.717, 1.165) is 22.6 Å². The van der Waals surface area contributed by atoms with E-state index >= 15 is 0 Å². The van der Waals surface area contributed by atoms with Crippen LogP contribution in [0.2, 0.25) is 0 Å². The molecule has 0 aliphatic carbocycles. The first-order valence-electron chi connectivity index (χ1n) is 8.15. The van der Waals surface area contributed by atoms with Gasteiger partial charge in [-0.15, -0.1) is 11.8 Å². The van der Waals surface area contributed by atoms with Crippen molar-refractivity contribution in [1.82, 2.24) is 10.5 Å². The molecule has 1 heterocycles. The third-order valence-electron chi connectivity index (χ3n) is 3.65. The Balaban J connectivity index is 1.73. The number of aromatic nitrogens is 1. The molecule has 140 valence electrons. The van der Waals surface area contributed by atoms with Crippen LogP contribution >= 0.6 is 11.8 Å². The number of carboxylic acids is 1. The largest absolute Gasteiger partial charge is 0.489 e. The average molecular weight is 378 g/mol. The fraction of sp³-hybridized carbons (Fsp3) is 0.389. The molecule has 2 N–H and O–H groups in total. The maximum absolute atomic E-state index is 11.9. The Kier molecular flexibility index (Phi) is 7.53. The number of carbonyl (C=O) groups excluding carboxylic acids is 1. The van der Waals surface area contributed by atoms with Gasteiger partial charge in [-0.3, -0.25) is 9.59 Å². The van der Waals surface area contributed by atoms with Crippen LogP contribution in [0.4, 0.5) is 0 Å². The highest BCUT2D eigenvalue weighted by atomic mass is 32.2. The van der Waals surface area contributed by atoms with E-state index in [9.17, 15) is 9.59 Å². The molecule has 0 atom stereocenters. The molecule has 0 aliphatic rings. The number of amides is 1. The van der Waals surface area contributed by atoms with Crippen molar-refractivity contribution in [2.45, 2.75) is 26.9 Å². The molecule has 26 heavy (non-hydrogen) atoms. The Bertz CT molecular complexity index is 723. The highest BCUT2D eigenvalue weighted by Crippen LogP contribution is 2.18. The van der Waals surface area contributed by atoms with Gasteiger partial charge in [-0.05, 0) is 31.5 Å². The molecule has 0 radical (unpaired) electrons. The zero-order chi connectivity index (χ0) is 18.9. The Morgan fingerprint density at radius 1 is 1.27 bits per heavy atom. The van der Waals surface area contributed by atoms with E-state index in [1.165, 1.54) is 11.8 Å². The molecule has 0 bridgehead atoms. The Morgan fingerprint density at radius 2 is 2.00 bits per heavy atom. The van der Waals surface area contributed by atoms with Gasteiger partial charge in [0.15, 0.2) is 0 Å². The van der Waals surface area contributed by atoms with Crippen molar-refractivity contribution in [3.8, 4) is 5.75 Å². The van der Waals surface area contributed by atoms with Gasteiger partial charge in [-0.1, -0.05) is 17.3 Å². The first kappa shape index (κ1) is 19.8. The van der Waals surface area contributed by atoms with Gasteiger partial charge in [-0.25, -0.2) is 0 Å². The Hall–Kier alpha value is -2.48. The van der Waals surface area contributed by atoms with Crippen LogP contribution in [-0.4, -0.2) is 40.2 Å². The summed E-state index contributed by atoms with van der Waals surface area (Å²) in [6.07, 6.45) is 0.272. The van der Waals surface area contributed by atoms with Gasteiger partial charge >= 0.3 is 5.97 Å². The second-order valence-electron chi connectivity index (χ2n) is 5.71. The summed E-state index contributed by atoms with van der Waals surface area (Å²) in [5.74, 6) is 1.14. The lowest BCUT2D eigenvalue weighted by molar-refractivity contribution is -0.133. The van der Waals surface area contributed by atoms with Crippen molar-refractivity contribution >= 4 is 23.6 Å². The minimum absolute atomic E-state index is 0.0469. The first-order valence-corrected chi connectivity index (χ1v) is 9.31. The quantitative estimate of drug-likeness (QED) is 0.612. The summed E-state index contributed by atoms with van der Waals surface area (Å²) in [5.41, 5.74) is 2.64. The number of ether oxygens (including phenoxy) is 1. The summed E-state index contributed by atoms with van der Waals surface area (Å²) in [4.78, 5) is 22.3. The number of benzene rings is 1. The van der Waals surface area contributed by atoms with Gasteiger partial charge in [0, 0.05) is 12.3 Å². The van der Waals surface area contributed by atoms with E-state index in [0.29, 0.717) is 24.7 Å². The van der Waals surface area contributed by atoms with Crippen LogP contribution in [-0.2, 0) is 22.6 Å². The third kappa shape index (κ3) is 6.44. The van der Waals surface area contributed by atoms with Crippen LogP contribution in [0.5, 0.6) is 5.75 Å². The molecule has 0 spiro atoms. The number of carbonyl (C=O) groups is 2. The molecular weight excluding hydrogens is 356 g/mol. The van der Waals surface area contributed by atoms with E-state index < -0.39 is 5.97 Å². The Labute approximate surface area is 156 Å². The maximum atomic E-state index is 11.9. The van der Waals surface area contributed by atoms with E-state index in [-0.39, 0.29) is 18.1 Å². The standard InChI is InChI=1S/C18H22N2O5S/c1-12-16(13(2)25-20-12)10-24-15-5-3-14(4-6-15)9-17(21)19-7-8-26-11-18(22)23/h3-6H,7-11H2,1-2H3,(H,19,21)(H,22,23). The van der Waals surface area contributed by atoms with Crippen LogP contribution in [0.15, 0.2) is 28.8 Å². The number of nitrogens with one attached hydrogen (secondary N) is 1. The molecule has 0 fully saturated rings. The van der Waals surface area contributed by atoms with Crippen molar-refractivity contribution in [2.24, 2.45) is 0 Å². The van der Waals surface area contributed by atoms with Crippen LogP contribution < -0.4 is 10.1 Å². The summed E-state index contributed by atoms with van der Waals surface area (Å²) < 4.78 is 10.8. The molecular formula is C18H22N2O5S. The topological polar surface area (TPSA) is 102 Å². The molecule has 2 aromatic rings. The van der Waals surface area contributed by atoms with Gasteiger partial charge in [-0.2, -0.15) is 0 Å². The lowest BCUT2D eigenvalue weighted by Crippen LogP contribution is -2.27. The number of rotatable bonds is 10. The van der Waals surface area contributed by atoms with Gasteiger partial charge in [0.2, 0.25) is 5.91 Å². The van der Waals surface area contributed by atoms with E-state index in [2.05, 4.69) is 10.5 Å². The minimum Gasteiger partial charge on any atom is -0.489 e. The van der Waals surface area contributed by atoms with E-state index in [4.69, 9.17) is 14.4 Å². The van der Waals surface area contributed by atoms with Gasteiger partial charge < -0.3 is 19.7 Å². The maximum Gasteiger partial charge on any atom is 0.313 e. The lowest BCUT2D eigenvalue weighted by atomic mass is 10.1. The summed E-state index contributed by atoms with van der Waals surface area (Å²) in [6, 6.07) is 7.34. The van der Waals surface area contributed by atoms with Crippen molar-refractivity contribution < 1.29 is 24.0 Å². The van der Waals surface area contributed by atoms with Crippen molar-refractivity contribution in [2.75, 3.05) is 18.1 Å². The highest BCUT2D eigenvalue weighted by molar-refractivity contribution is 7.99. The summed E-state index contributed by atoms with van der Waals surface area (Å²) >= 11 is 1.28. The number of hydrogen-bond donors (Lipinski definition) is 2. The number of aryl methyl sites for hydroxylation is 2. The van der Waals surface area contributed by atoms with Gasteiger partial charge in [0.05, 0.1) is 23.4 Å². The molecule has 7 nitrogen and oxygen atoms in total.